The SMILES string of the molecule is O=C(NC1CC1)c1ccc(CN(Cc2ccccc2C(F)(F)F)C2CC2)cc1. The lowest BCUT2D eigenvalue weighted by molar-refractivity contribution is -0.138. The van der Waals surface area contributed by atoms with Crippen molar-refractivity contribution in [3.8, 4) is 0 Å². The van der Waals surface area contributed by atoms with Gasteiger partial charge in [0.15, 0.2) is 0 Å². The summed E-state index contributed by atoms with van der Waals surface area (Å²) in [7, 11) is 0. The van der Waals surface area contributed by atoms with Gasteiger partial charge in [0.1, 0.15) is 0 Å². The minimum absolute atomic E-state index is 0.0628. The van der Waals surface area contributed by atoms with Crippen LogP contribution in [0.3, 0.4) is 0 Å². The number of benzene rings is 2. The Morgan fingerprint density at radius 2 is 1.64 bits per heavy atom. The monoisotopic (exact) mass is 388 g/mol. The molecule has 0 atom stereocenters. The summed E-state index contributed by atoms with van der Waals surface area (Å²) in [6.45, 7) is 0.839. The normalized spacial score (nSPS) is 17.0. The zero-order valence-corrected chi connectivity index (χ0v) is 15.5. The van der Waals surface area contributed by atoms with Crippen LogP contribution in [0.15, 0.2) is 48.5 Å². The Hall–Kier alpha value is -2.34. The van der Waals surface area contributed by atoms with Gasteiger partial charge in [0, 0.05) is 30.7 Å². The van der Waals surface area contributed by atoms with Gasteiger partial charge < -0.3 is 5.32 Å². The Morgan fingerprint density at radius 1 is 0.964 bits per heavy atom. The lowest BCUT2D eigenvalue weighted by atomic mass is 10.1. The third kappa shape index (κ3) is 4.73. The van der Waals surface area contributed by atoms with Crippen molar-refractivity contribution >= 4 is 5.91 Å². The smallest absolute Gasteiger partial charge is 0.349 e. The fourth-order valence-electron chi connectivity index (χ4n) is 3.40. The lowest BCUT2D eigenvalue weighted by Gasteiger charge is -2.24. The van der Waals surface area contributed by atoms with Crippen LogP contribution in [0.25, 0.3) is 0 Å². The van der Waals surface area contributed by atoms with E-state index in [1.54, 1.807) is 24.3 Å². The molecule has 0 spiro atoms. The summed E-state index contributed by atoms with van der Waals surface area (Å²) < 4.78 is 39.9. The largest absolute Gasteiger partial charge is 0.416 e. The molecule has 3 nitrogen and oxygen atoms in total. The number of carbonyl (C=O) groups excluding carboxylic acids is 1. The highest BCUT2D eigenvalue weighted by atomic mass is 19.4. The van der Waals surface area contributed by atoms with Crippen LogP contribution < -0.4 is 5.32 Å². The molecule has 1 amide bonds. The molecule has 2 aromatic rings. The van der Waals surface area contributed by atoms with Crippen molar-refractivity contribution in [2.24, 2.45) is 0 Å². The van der Waals surface area contributed by atoms with E-state index >= 15 is 0 Å². The molecule has 2 fully saturated rings. The molecule has 2 aliphatic rings. The molecule has 28 heavy (non-hydrogen) atoms. The average Bonchev–Trinajstić information content (AvgIpc) is 3.55. The van der Waals surface area contributed by atoms with Crippen LogP contribution in [0, 0.1) is 0 Å². The summed E-state index contributed by atoms with van der Waals surface area (Å²) in [5.74, 6) is -0.0628. The van der Waals surface area contributed by atoms with E-state index in [0.29, 0.717) is 29.8 Å². The summed E-state index contributed by atoms with van der Waals surface area (Å²) in [6, 6.07) is 13.8. The van der Waals surface area contributed by atoms with Gasteiger partial charge in [0.05, 0.1) is 5.56 Å². The minimum Gasteiger partial charge on any atom is -0.349 e. The number of nitrogens with one attached hydrogen (secondary N) is 1. The quantitative estimate of drug-likeness (QED) is 0.742. The number of nitrogens with zero attached hydrogens (tertiary/aromatic N) is 1. The van der Waals surface area contributed by atoms with Crippen molar-refractivity contribution in [2.75, 3.05) is 0 Å². The number of carbonyl (C=O) groups is 1. The van der Waals surface area contributed by atoms with E-state index in [1.807, 2.05) is 12.1 Å². The summed E-state index contributed by atoms with van der Waals surface area (Å²) in [5, 5.41) is 2.96. The van der Waals surface area contributed by atoms with Crippen LogP contribution >= 0.6 is 0 Å². The van der Waals surface area contributed by atoms with E-state index in [1.165, 1.54) is 6.07 Å². The van der Waals surface area contributed by atoms with Crippen LogP contribution in [-0.2, 0) is 19.3 Å². The number of rotatable bonds is 7. The summed E-state index contributed by atoms with van der Waals surface area (Å²) in [4.78, 5) is 14.2. The first-order chi connectivity index (χ1) is 13.4. The molecule has 2 aliphatic carbocycles. The van der Waals surface area contributed by atoms with Gasteiger partial charge >= 0.3 is 6.18 Å². The predicted molar refractivity (Wildman–Crippen MR) is 101 cm³/mol. The molecule has 148 valence electrons. The van der Waals surface area contributed by atoms with Gasteiger partial charge in [-0.3, -0.25) is 9.69 Å². The van der Waals surface area contributed by atoms with E-state index in [9.17, 15) is 18.0 Å². The second-order valence-electron chi connectivity index (χ2n) is 7.74. The van der Waals surface area contributed by atoms with Crippen molar-refractivity contribution in [1.82, 2.24) is 10.2 Å². The highest BCUT2D eigenvalue weighted by molar-refractivity contribution is 5.94. The van der Waals surface area contributed by atoms with E-state index in [-0.39, 0.29) is 12.5 Å². The van der Waals surface area contributed by atoms with Crippen LogP contribution in [0.1, 0.15) is 52.7 Å². The maximum absolute atomic E-state index is 13.3. The fraction of sp³-hybridized carbons (Fsp3) is 0.409. The Morgan fingerprint density at radius 3 is 2.25 bits per heavy atom. The van der Waals surface area contributed by atoms with Gasteiger partial charge in [-0.2, -0.15) is 13.2 Å². The first-order valence-electron chi connectivity index (χ1n) is 9.69. The highest BCUT2D eigenvalue weighted by Crippen LogP contribution is 2.35. The molecule has 4 rings (SSSR count). The average molecular weight is 388 g/mol. The van der Waals surface area contributed by atoms with Crippen LogP contribution in [0.5, 0.6) is 0 Å². The summed E-state index contributed by atoms with van der Waals surface area (Å²) >= 11 is 0. The number of halogens is 3. The van der Waals surface area contributed by atoms with Gasteiger partial charge in [0.25, 0.3) is 5.91 Å². The molecule has 2 aromatic carbocycles. The molecule has 0 bridgehead atoms. The number of hydrogen-bond acceptors (Lipinski definition) is 2. The molecule has 0 aliphatic heterocycles. The van der Waals surface area contributed by atoms with Gasteiger partial charge in [-0.05, 0) is 55.0 Å². The molecular weight excluding hydrogens is 365 g/mol. The molecule has 0 radical (unpaired) electrons. The van der Waals surface area contributed by atoms with Crippen LogP contribution in [-0.4, -0.2) is 22.9 Å². The summed E-state index contributed by atoms with van der Waals surface area (Å²) in [5.41, 5.74) is 1.37. The van der Waals surface area contributed by atoms with Crippen molar-refractivity contribution < 1.29 is 18.0 Å². The van der Waals surface area contributed by atoms with Crippen LogP contribution in [0.4, 0.5) is 13.2 Å². The van der Waals surface area contributed by atoms with Crippen molar-refractivity contribution in [3.63, 3.8) is 0 Å². The van der Waals surface area contributed by atoms with Gasteiger partial charge in [-0.1, -0.05) is 30.3 Å². The second kappa shape index (κ2) is 7.59. The lowest BCUT2D eigenvalue weighted by Crippen LogP contribution is -2.27. The summed E-state index contributed by atoms with van der Waals surface area (Å²) in [6.07, 6.45) is -0.242. The number of amides is 1. The zero-order chi connectivity index (χ0) is 19.7. The first-order valence-corrected chi connectivity index (χ1v) is 9.69. The maximum Gasteiger partial charge on any atom is 0.416 e. The molecule has 0 heterocycles. The minimum atomic E-state index is -4.34. The third-order valence-corrected chi connectivity index (χ3v) is 5.27. The van der Waals surface area contributed by atoms with Gasteiger partial charge in [0.2, 0.25) is 0 Å². The highest BCUT2D eigenvalue weighted by Gasteiger charge is 2.35. The molecule has 0 aromatic heterocycles. The number of alkyl halides is 3. The fourth-order valence-corrected chi connectivity index (χ4v) is 3.40. The van der Waals surface area contributed by atoms with E-state index in [0.717, 1.165) is 37.3 Å². The Labute approximate surface area is 162 Å². The van der Waals surface area contributed by atoms with Gasteiger partial charge in [-0.25, -0.2) is 0 Å². The third-order valence-electron chi connectivity index (χ3n) is 5.27. The maximum atomic E-state index is 13.3. The molecule has 1 N–H and O–H groups in total. The number of hydrogen-bond donors (Lipinski definition) is 1. The predicted octanol–water partition coefficient (Wildman–Crippen LogP) is 4.76. The van der Waals surface area contributed by atoms with Crippen molar-refractivity contribution in [2.45, 2.75) is 57.0 Å². The Kier molecular flexibility index (Phi) is 5.15. The van der Waals surface area contributed by atoms with E-state index in [4.69, 9.17) is 0 Å². The molecular formula is C22H23F3N2O. The zero-order valence-electron chi connectivity index (χ0n) is 15.5. The van der Waals surface area contributed by atoms with E-state index < -0.39 is 11.7 Å². The first kappa shape index (κ1) is 19.0. The van der Waals surface area contributed by atoms with Gasteiger partial charge in [-0.15, -0.1) is 0 Å². The Balaban J connectivity index is 1.45. The Bertz CT molecular complexity index is 840. The molecule has 2 saturated carbocycles. The standard InChI is InChI=1S/C22H23F3N2O/c23-22(24,25)20-4-2-1-3-17(20)14-27(19-11-12-19)13-15-5-7-16(8-6-15)21(28)26-18-9-10-18/h1-8,18-19H,9-14H2,(H,26,28). The van der Waals surface area contributed by atoms with Crippen molar-refractivity contribution in [1.29, 1.82) is 0 Å². The molecule has 0 saturated heterocycles. The topological polar surface area (TPSA) is 32.3 Å². The van der Waals surface area contributed by atoms with E-state index in [2.05, 4.69) is 10.2 Å². The molecule has 6 heteroatoms. The molecule has 0 unspecified atom stereocenters. The van der Waals surface area contributed by atoms with Crippen molar-refractivity contribution in [3.05, 3.63) is 70.8 Å². The second-order valence-corrected chi connectivity index (χ2v) is 7.74. The van der Waals surface area contributed by atoms with Crippen LogP contribution in [0.2, 0.25) is 0 Å².